The number of likely N-dealkylation sites (tertiary alicyclic amines) is 1. The molecule has 0 saturated carbocycles. The van der Waals surface area contributed by atoms with Crippen molar-refractivity contribution in [1.82, 2.24) is 15.5 Å². The molecule has 0 bridgehead atoms. The molecule has 2 aromatic carbocycles. The number of hydrogen-bond acceptors (Lipinski definition) is 3. The number of carbonyl (C=O) groups excluding carboxylic acids is 2. The van der Waals surface area contributed by atoms with Crippen LogP contribution >= 0.6 is 0 Å². The molecule has 1 saturated heterocycles. The molecule has 0 aliphatic carbocycles. The third kappa shape index (κ3) is 7.22. The summed E-state index contributed by atoms with van der Waals surface area (Å²) in [6, 6.07) is 9.18. The number of hydrogen-bond donors (Lipinski definition) is 2. The van der Waals surface area contributed by atoms with Crippen molar-refractivity contribution in [3.05, 3.63) is 70.8 Å². The van der Waals surface area contributed by atoms with Gasteiger partial charge in [0.2, 0.25) is 11.8 Å². The molecule has 1 fully saturated rings. The lowest BCUT2D eigenvalue weighted by atomic mass is 9.98. The van der Waals surface area contributed by atoms with E-state index in [1.54, 1.807) is 37.3 Å². The fourth-order valence-electron chi connectivity index (χ4n) is 4.20. The Morgan fingerprint density at radius 1 is 0.972 bits per heavy atom. The van der Waals surface area contributed by atoms with Gasteiger partial charge >= 0.3 is 12.4 Å². The summed E-state index contributed by atoms with van der Waals surface area (Å²) < 4.78 is 79.0. The minimum absolute atomic E-state index is 0. The molecule has 2 aromatic rings. The molecule has 0 spiro atoms. The maximum Gasteiger partial charge on any atom is 0.416 e. The van der Waals surface area contributed by atoms with Gasteiger partial charge in [-0.2, -0.15) is 26.3 Å². The third-order valence-corrected chi connectivity index (χ3v) is 6.06. The first-order valence-corrected chi connectivity index (χ1v) is 11.5. The Bertz CT molecular complexity index is 1020. The molecule has 1 aliphatic rings. The van der Waals surface area contributed by atoms with Crippen molar-refractivity contribution >= 4 is 11.8 Å². The van der Waals surface area contributed by atoms with Crippen LogP contribution in [0.5, 0.6) is 0 Å². The standard InChI is InChI=1S/C25H27F6N3O2.H2/c1-2-21(35)33-20-8-10-34(11-9-20)22(17-6-4-3-5-7-17)23(36)32-15-16-12-18(24(26,27)28)14-19(13-16)25(29,30)31;/h3-7,12-14,20,22H,2,8-11,15H2,1H3,(H,32,36)(H,33,35);1H. The Morgan fingerprint density at radius 2 is 1.53 bits per heavy atom. The highest BCUT2D eigenvalue weighted by Gasteiger charge is 2.37. The second kappa shape index (κ2) is 11.3. The zero-order chi connectivity index (χ0) is 26.5. The van der Waals surface area contributed by atoms with Crippen molar-refractivity contribution in [3.8, 4) is 0 Å². The maximum absolute atomic E-state index is 13.2. The Hall–Kier alpha value is -3.08. The Morgan fingerprint density at radius 3 is 2.03 bits per heavy atom. The van der Waals surface area contributed by atoms with E-state index in [0.717, 1.165) is 0 Å². The smallest absolute Gasteiger partial charge is 0.353 e. The molecular formula is C25H29F6N3O2. The van der Waals surface area contributed by atoms with Gasteiger partial charge in [0.1, 0.15) is 6.04 Å². The Kier molecular flexibility index (Phi) is 8.65. The van der Waals surface area contributed by atoms with E-state index in [0.29, 0.717) is 50.0 Å². The van der Waals surface area contributed by atoms with E-state index >= 15 is 0 Å². The van der Waals surface area contributed by atoms with Crippen molar-refractivity contribution in [3.63, 3.8) is 0 Å². The first-order valence-electron chi connectivity index (χ1n) is 11.5. The fraction of sp³-hybridized carbons (Fsp3) is 0.440. The van der Waals surface area contributed by atoms with Crippen LogP contribution in [0, 0.1) is 0 Å². The van der Waals surface area contributed by atoms with Crippen LogP contribution in [0.3, 0.4) is 0 Å². The third-order valence-electron chi connectivity index (χ3n) is 6.06. The Balaban J connectivity index is 0.00000481. The minimum Gasteiger partial charge on any atom is -0.353 e. The molecule has 1 unspecified atom stereocenters. The zero-order valence-electron chi connectivity index (χ0n) is 19.5. The summed E-state index contributed by atoms with van der Waals surface area (Å²) in [6.07, 6.45) is -8.37. The van der Waals surface area contributed by atoms with Crippen LogP contribution < -0.4 is 10.6 Å². The van der Waals surface area contributed by atoms with Gasteiger partial charge in [0.25, 0.3) is 0 Å². The van der Waals surface area contributed by atoms with Gasteiger partial charge in [-0.05, 0) is 42.2 Å². The lowest BCUT2D eigenvalue weighted by Gasteiger charge is -2.37. The number of nitrogens with one attached hydrogen (secondary N) is 2. The molecule has 36 heavy (non-hydrogen) atoms. The summed E-state index contributed by atoms with van der Waals surface area (Å²) in [4.78, 5) is 26.8. The van der Waals surface area contributed by atoms with E-state index in [-0.39, 0.29) is 25.0 Å². The van der Waals surface area contributed by atoms with Gasteiger partial charge in [0.05, 0.1) is 11.1 Å². The molecule has 3 rings (SSSR count). The fourth-order valence-corrected chi connectivity index (χ4v) is 4.20. The van der Waals surface area contributed by atoms with Gasteiger partial charge in [-0.15, -0.1) is 0 Å². The molecule has 0 aromatic heterocycles. The summed E-state index contributed by atoms with van der Waals surface area (Å²) in [6.45, 7) is 2.20. The van der Waals surface area contributed by atoms with E-state index < -0.39 is 42.0 Å². The van der Waals surface area contributed by atoms with Gasteiger partial charge < -0.3 is 10.6 Å². The first-order chi connectivity index (χ1) is 16.9. The first kappa shape index (κ1) is 27.5. The quantitative estimate of drug-likeness (QED) is 0.489. The predicted octanol–water partition coefficient (Wildman–Crippen LogP) is 5.32. The summed E-state index contributed by atoms with van der Waals surface area (Å²) in [5.74, 6) is -0.603. The highest BCUT2D eigenvalue weighted by Crippen LogP contribution is 2.36. The molecule has 1 heterocycles. The van der Waals surface area contributed by atoms with Crippen molar-refractivity contribution < 1.29 is 37.4 Å². The molecule has 198 valence electrons. The Labute approximate surface area is 206 Å². The van der Waals surface area contributed by atoms with Crippen molar-refractivity contribution in [1.29, 1.82) is 0 Å². The van der Waals surface area contributed by atoms with Crippen LogP contribution in [-0.4, -0.2) is 35.8 Å². The minimum atomic E-state index is -4.97. The van der Waals surface area contributed by atoms with Crippen LogP contribution in [0.4, 0.5) is 26.3 Å². The number of piperidine rings is 1. The lowest BCUT2D eigenvalue weighted by molar-refractivity contribution is -0.143. The second-order valence-corrected chi connectivity index (χ2v) is 8.68. The number of alkyl halides is 6. The van der Waals surface area contributed by atoms with Gasteiger partial charge in [-0.3, -0.25) is 14.5 Å². The monoisotopic (exact) mass is 517 g/mol. The number of benzene rings is 2. The van der Waals surface area contributed by atoms with Gasteiger partial charge in [-0.25, -0.2) is 0 Å². The van der Waals surface area contributed by atoms with Crippen LogP contribution in [0.2, 0.25) is 0 Å². The van der Waals surface area contributed by atoms with Crippen molar-refractivity contribution in [2.75, 3.05) is 13.1 Å². The topological polar surface area (TPSA) is 61.4 Å². The second-order valence-electron chi connectivity index (χ2n) is 8.68. The molecule has 2 N–H and O–H groups in total. The van der Waals surface area contributed by atoms with Crippen LogP contribution in [0.1, 0.15) is 55.9 Å². The normalized spacial score (nSPS) is 16.4. The molecule has 11 heteroatoms. The number of amides is 2. The van der Waals surface area contributed by atoms with E-state index in [2.05, 4.69) is 10.6 Å². The van der Waals surface area contributed by atoms with E-state index in [9.17, 15) is 35.9 Å². The van der Waals surface area contributed by atoms with Crippen molar-refractivity contribution in [2.45, 2.75) is 57.2 Å². The molecule has 2 amide bonds. The lowest BCUT2D eigenvalue weighted by Crippen LogP contribution is -2.48. The van der Waals surface area contributed by atoms with Gasteiger partial charge in [-0.1, -0.05) is 37.3 Å². The predicted molar refractivity (Wildman–Crippen MR) is 123 cm³/mol. The molecule has 1 aliphatic heterocycles. The van der Waals surface area contributed by atoms with Crippen molar-refractivity contribution in [2.24, 2.45) is 0 Å². The summed E-state index contributed by atoms with van der Waals surface area (Å²) in [7, 11) is 0. The van der Waals surface area contributed by atoms with E-state index in [1.165, 1.54) is 0 Å². The molecule has 1 atom stereocenters. The number of nitrogens with zero attached hydrogens (tertiary/aromatic N) is 1. The average molecular weight is 518 g/mol. The largest absolute Gasteiger partial charge is 0.416 e. The van der Waals surface area contributed by atoms with Crippen LogP contribution in [0.25, 0.3) is 0 Å². The number of rotatable bonds is 7. The summed E-state index contributed by atoms with van der Waals surface area (Å²) >= 11 is 0. The molecule has 0 radical (unpaired) electrons. The number of halogens is 6. The van der Waals surface area contributed by atoms with E-state index in [1.807, 2.05) is 4.90 Å². The highest BCUT2D eigenvalue weighted by atomic mass is 19.4. The van der Waals surface area contributed by atoms with E-state index in [4.69, 9.17) is 0 Å². The van der Waals surface area contributed by atoms with Crippen LogP contribution in [-0.2, 0) is 28.5 Å². The average Bonchev–Trinajstić information content (AvgIpc) is 2.83. The van der Waals surface area contributed by atoms with Gasteiger partial charge in [0, 0.05) is 33.5 Å². The molecule has 5 nitrogen and oxygen atoms in total. The maximum atomic E-state index is 13.2. The van der Waals surface area contributed by atoms with Gasteiger partial charge in [0.15, 0.2) is 0 Å². The number of carbonyl (C=O) groups is 2. The summed E-state index contributed by atoms with van der Waals surface area (Å²) in [5.41, 5.74) is -2.53. The zero-order valence-corrected chi connectivity index (χ0v) is 19.5. The SMILES string of the molecule is CCC(=O)NC1CCN(C(C(=O)NCc2cc(C(F)(F)F)cc(C(F)(F)F)c2)c2ccccc2)CC1.[HH]. The van der Waals surface area contributed by atoms with Crippen LogP contribution in [0.15, 0.2) is 48.5 Å². The summed E-state index contributed by atoms with van der Waals surface area (Å²) in [5, 5.41) is 5.45. The highest BCUT2D eigenvalue weighted by molar-refractivity contribution is 5.83. The molecular weight excluding hydrogens is 488 g/mol.